The Kier molecular flexibility index (Phi) is 3.69. The molecular formula is C14H10ClN3O. The number of hydrogen-bond acceptors (Lipinski definition) is 3. The number of hydrogen-bond donors (Lipinski definition) is 2. The maximum atomic E-state index is 12.0. The van der Waals surface area contributed by atoms with Gasteiger partial charge in [-0.1, -0.05) is 23.7 Å². The second-order valence-corrected chi connectivity index (χ2v) is 4.26. The SMILES string of the molecule is N#Cc1ccccc1NC(=O)c1ccc(Cl)c(N)c1. The number of halogens is 1. The number of rotatable bonds is 2. The number of carbonyl (C=O) groups is 1. The lowest BCUT2D eigenvalue weighted by atomic mass is 10.1. The van der Waals surface area contributed by atoms with Crippen LogP contribution in [-0.2, 0) is 0 Å². The van der Waals surface area contributed by atoms with E-state index in [0.29, 0.717) is 27.5 Å². The summed E-state index contributed by atoms with van der Waals surface area (Å²) in [6.07, 6.45) is 0. The summed E-state index contributed by atoms with van der Waals surface area (Å²) in [5.74, 6) is -0.342. The Bertz CT molecular complexity index is 677. The summed E-state index contributed by atoms with van der Waals surface area (Å²) < 4.78 is 0. The van der Waals surface area contributed by atoms with Crippen LogP contribution in [0.1, 0.15) is 15.9 Å². The lowest BCUT2D eigenvalue weighted by Crippen LogP contribution is -2.13. The Morgan fingerprint density at radius 3 is 2.68 bits per heavy atom. The van der Waals surface area contributed by atoms with Gasteiger partial charge in [-0.2, -0.15) is 5.26 Å². The maximum Gasteiger partial charge on any atom is 0.255 e. The highest BCUT2D eigenvalue weighted by atomic mass is 35.5. The molecule has 4 nitrogen and oxygen atoms in total. The van der Waals surface area contributed by atoms with E-state index in [1.807, 2.05) is 6.07 Å². The lowest BCUT2D eigenvalue weighted by Gasteiger charge is -2.07. The van der Waals surface area contributed by atoms with E-state index in [2.05, 4.69) is 5.32 Å². The van der Waals surface area contributed by atoms with E-state index in [4.69, 9.17) is 22.6 Å². The molecule has 2 aromatic carbocycles. The van der Waals surface area contributed by atoms with Crippen LogP contribution in [0, 0.1) is 11.3 Å². The minimum Gasteiger partial charge on any atom is -0.398 e. The molecule has 0 aromatic heterocycles. The molecule has 19 heavy (non-hydrogen) atoms. The van der Waals surface area contributed by atoms with Gasteiger partial charge in [0, 0.05) is 5.56 Å². The number of nitrogens with two attached hydrogens (primary N) is 1. The van der Waals surface area contributed by atoms with Crippen molar-refractivity contribution in [2.24, 2.45) is 0 Å². The largest absolute Gasteiger partial charge is 0.398 e. The predicted octanol–water partition coefficient (Wildman–Crippen LogP) is 3.05. The molecule has 5 heteroatoms. The van der Waals surface area contributed by atoms with Gasteiger partial charge in [0.25, 0.3) is 5.91 Å². The third-order valence-electron chi connectivity index (χ3n) is 2.55. The Morgan fingerprint density at radius 1 is 1.26 bits per heavy atom. The third kappa shape index (κ3) is 2.84. The van der Waals surface area contributed by atoms with E-state index in [1.165, 1.54) is 6.07 Å². The molecule has 2 rings (SSSR count). The topological polar surface area (TPSA) is 78.9 Å². The van der Waals surface area contributed by atoms with Crippen LogP contribution in [0.2, 0.25) is 5.02 Å². The number of nitrogen functional groups attached to an aromatic ring is 1. The monoisotopic (exact) mass is 271 g/mol. The highest BCUT2D eigenvalue weighted by Gasteiger charge is 2.10. The minimum absolute atomic E-state index is 0.336. The fourth-order valence-electron chi connectivity index (χ4n) is 1.57. The highest BCUT2D eigenvalue weighted by molar-refractivity contribution is 6.33. The molecule has 0 heterocycles. The summed E-state index contributed by atoms with van der Waals surface area (Å²) in [5.41, 5.74) is 7.23. The fourth-order valence-corrected chi connectivity index (χ4v) is 1.69. The molecule has 1 amide bonds. The van der Waals surface area contributed by atoms with Crippen LogP contribution in [-0.4, -0.2) is 5.91 Å². The molecule has 94 valence electrons. The number of nitriles is 1. The summed E-state index contributed by atoms with van der Waals surface area (Å²) >= 11 is 5.79. The van der Waals surface area contributed by atoms with Crippen LogP contribution >= 0.6 is 11.6 Å². The van der Waals surface area contributed by atoms with Crippen molar-refractivity contribution in [2.75, 3.05) is 11.1 Å². The molecule has 0 saturated carbocycles. The van der Waals surface area contributed by atoms with Crippen molar-refractivity contribution in [1.29, 1.82) is 5.26 Å². The summed E-state index contributed by atoms with van der Waals surface area (Å²) in [5, 5.41) is 12.0. The Morgan fingerprint density at radius 2 is 2.00 bits per heavy atom. The van der Waals surface area contributed by atoms with Crippen LogP contribution in [0.4, 0.5) is 11.4 Å². The first kappa shape index (κ1) is 12.9. The second-order valence-electron chi connectivity index (χ2n) is 3.85. The van der Waals surface area contributed by atoms with Crippen LogP contribution in [0.15, 0.2) is 42.5 Å². The number of amides is 1. The number of para-hydroxylation sites is 1. The zero-order valence-electron chi connectivity index (χ0n) is 9.85. The van der Waals surface area contributed by atoms with Gasteiger partial charge in [0.05, 0.1) is 22.0 Å². The molecule has 0 bridgehead atoms. The standard InChI is InChI=1S/C14H10ClN3O/c15-11-6-5-9(7-12(11)17)14(19)18-13-4-2-1-3-10(13)8-16/h1-7H,17H2,(H,18,19). The maximum absolute atomic E-state index is 12.0. The molecular weight excluding hydrogens is 262 g/mol. The first-order valence-electron chi connectivity index (χ1n) is 5.47. The van der Waals surface area contributed by atoms with Gasteiger partial charge in [0.2, 0.25) is 0 Å². The molecule has 0 aliphatic heterocycles. The number of anilines is 2. The first-order valence-corrected chi connectivity index (χ1v) is 5.85. The Hall–Kier alpha value is -2.51. The molecule has 0 fully saturated rings. The van der Waals surface area contributed by atoms with Crippen molar-refractivity contribution < 1.29 is 4.79 Å². The Labute approximate surface area is 115 Å². The third-order valence-corrected chi connectivity index (χ3v) is 2.90. The van der Waals surface area contributed by atoms with Crippen molar-refractivity contribution in [3.05, 3.63) is 58.6 Å². The van der Waals surface area contributed by atoms with Gasteiger partial charge in [-0.15, -0.1) is 0 Å². The van der Waals surface area contributed by atoms with Gasteiger partial charge < -0.3 is 11.1 Å². The van der Waals surface area contributed by atoms with Crippen LogP contribution in [0.5, 0.6) is 0 Å². The van der Waals surface area contributed by atoms with Crippen molar-refractivity contribution in [1.82, 2.24) is 0 Å². The summed E-state index contributed by atoms with van der Waals surface area (Å²) in [7, 11) is 0. The molecule has 0 aliphatic rings. The smallest absolute Gasteiger partial charge is 0.255 e. The normalized spacial score (nSPS) is 9.68. The molecule has 0 radical (unpaired) electrons. The number of carbonyl (C=O) groups excluding carboxylic acids is 1. The second kappa shape index (κ2) is 5.42. The van der Waals surface area contributed by atoms with E-state index >= 15 is 0 Å². The zero-order chi connectivity index (χ0) is 13.8. The predicted molar refractivity (Wildman–Crippen MR) is 75.0 cm³/mol. The summed E-state index contributed by atoms with van der Waals surface area (Å²) in [6.45, 7) is 0. The van der Waals surface area contributed by atoms with Crippen LogP contribution in [0.25, 0.3) is 0 Å². The van der Waals surface area contributed by atoms with E-state index in [-0.39, 0.29) is 5.91 Å². The molecule has 3 N–H and O–H groups in total. The van der Waals surface area contributed by atoms with Crippen LogP contribution < -0.4 is 11.1 Å². The van der Waals surface area contributed by atoms with E-state index < -0.39 is 0 Å². The van der Waals surface area contributed by atoms with Gasteiger partial charge in [-0.05, 0) is 30.3 Å². The summed E-state index contributed by atoms with van der Waals surface area (Å²) in [6, 6.07) is 13.4. The van der Waals surface area contributed by atoms with Crippen molar-refractivity contribution in [3.8, 4) is 6.07 Å². The highest BCUT2D eigenvalue weighted by Crippen LogP contribution is 2.21. The zero-order valence-corrected chi connectivity index (χ0v) is 10.6. The van der Waals surface area contributed by atoms with E-state index in [9.17, 15) is 4.79 Å². The first-order chi connectivity index (χ1) is 9.11. The van der Waals surface area contributed by atoms with Crippen molar-refractivity contribution >= 4 is 28.9 Å². The van der Waals surface area contributed by atoms with E-state index in [0.717, 1.165) is 0 Å². The average molecular weight is 272 g/mol. The molecule has 0 atom stereocenters. The molecule has 2 aromatic rings. The molecule has 0 unspecified atom stereocenters. The van der Waals surface area contributed by atoms with Gasteiger partial charge in [-0.3, -0.25) is 4.79 Å². The molecule has 0 saturated heterocycles. The number of benzene rings is 2. The number of nitrogens with zero attached hydrogens (tertiary/aromatic N) is 1. The van der Waals surface area contributed by atoms with Gasteiger partial charge in [-0.25, -0.2) is 0 Å². The summed E-state index contributed by atoms with van der Waals surface area (Å²) in [4.78, 5) is 12.0. The van der Waals surface area contributed by atoms with Crippen LogP contribution in [0.3, 0.4) is 0 Å². The van der Waals surface area contributed by atoms with Crippen molar-refractivity contribution in [2.45, 2.75) is 0 Å². The van der Waals surface area contributed by atoms with E-state index in [1.54, 1.807) is 36.4 Å². The number of nitrogens with one attached hydrogen (secondary N) is 1. The quantitative estimate of drug-likeness (QED) is 0.824. The van der Waals surface area contributed by atoms with Gasteiger partial charge in [0.15, 0.2) is 0 Å². The van der Waals surface area contributed by atoms with Crippen molar-refractivity contribution in [3.63, 3.8) is 0 Å². The Balaban J connectivity index is 2.26. The molecule has 0 spiro atoms. The van der Waals surface area contributed by atoms with Gasteiger partial charge >= 0.3 is 0 Å². The average Bonchev–Trinajstić information content (AvgIpc) is 2.42. The lowest BCUT2D eigenvalue weighted by molar-refractivity contribution is 0.102. The fraction of sp³-hybridized carbons (Fsp3) is 0. The minimum atomic E-state index is -0.342. The molecule has 0 aliphatic carbocycles. The van der Waals surface area contributed by atoms with Gasteiger partial charge in [0.1, 0.15) is 6.07 Å².